The fraction of sp³-hybridized carbons (Fsp3) is 0.545. The molecule has 1 aliphatic heterocycles. The number of aromatic nitrogens is 2. The topological polar surface area (TPSA) is 83.9 Å². The number of imidazole rings is 1. The fourth-order valence-electron chi connectivity index (χ4n) is 3.51. The lowest BCUT2D eigenvalue weighted by molar-refractivity contribution is 0.188. The molecule has 1 saturated heterocycles. The maximum absolute atomic E-state index is 12.5. The number of aryl methyl sites for hydroxylation is 2. The average Bonchev–Trinajstić information content (AvgIpc) is 3.21. The van der Waals surface area contributed by atoms with E-state index in [-0.39, 0.29) is 6.03 Å². The summed E-state index contributed by atoms with van der Waals surface area (Å²) in [6.45, 7) is 9.05. The Hall–Kier alpha value is -2.78. The summed E-state index contributed by atoms with van der Waals surface area (Å²) in [6, 6.07) is 5.40. The third-order valence-corrected chi connectivity index (χ3v) is 5.49. The number of hydrogen-bond acceptors (Lipinski definition) is 6. The summed E-state index contributed by atoms with van der Waals surface area (Å²) < 4.78 is 13.5. The van der Waals surface area contributed by atoms with Crippen LogP contribution in [0.15, 0.2) is 30.7 Å². The van der Waals surface area contributed by atoms with Gasteiger partial charge in [0.15, 0.2) is 11.5 Å². The number of nitrogens with zero attached hydrogens (tertiary/aromatic N) is 4. The van der Waals surface area contributed by atoms with E-state index in [4.69, 9.17) is 9.47 Å². The van der Waals surface area contributed by atoms with Crippen LogP contribution < -0.4 is 25.0 Å². The Morgan fingerprint density at radius 1 is 1.26 bits per heavy atom. The third kappa shape index (κ3) is 6.60. The van der Waals surface area contributed by atoms with Gasteiger partial charge in [-0.05, 0) is 25.5 Å². The lowest BCUT2D eigenvalue weighted by atomic mass is 10.2. The highest BCUT2D eigenvalue weighted by Crippen LogP contribution is 2.31. The maximum atomic E-state index is 12.5. The Kier molecular flexibility index (Phi) is 8.54. The van der Waals surface area contributed by atoms with Gasteiger partial charge in [-0.25, -0.2) is 9.78 Å². The molecule has 1 aromatic heterocycles. The molecule has 0 spiro atoms. The molecule has 2 aromatic rings. The first kappa shape index (κ1) is 22.9. The lowest BCUT2D eigenvalue weighted by Gasteiger charge is -2.27. The molecule has 1 aromatic carbocycles. The van der Waals surface area contributed by atoms with Crippen molar-refractivity contribution in [3.05, 3.63) is 36.4 Å². The minimum atomic E-state index is -0.156. The van der Waals surface area contributed by atoms with E-state index in [2.05, 4.69) is 25.1 Å². The number of hydrogen-bond donors (Lipinski definition) is 2. The minimum Gasteiger partial charge on any atom is -0.493 e. The van der Waals surface area contributed by atoms with Gasteiger partial charge in [0.05, 0.1) is 13.4 Å². The van der Waals surface area contributed by atoms with E-state index in [9.17, 15) is 4.79 Å². The van der Waals surface area contributed by atoms with E-state index >= 15 is 0 Å². The van der Waals surface area contributed by atoms with Crippen LogP contribution in [0, 0.1) is 6.92 Å². The predicted molar refractivity (Wildman–Crippen MR) is 121 cm³/mol. The first-order valence-electron chi connectivity index (χ1n) is 10.8. The summed E-state index contributed by atoms with van der Waals surface area (Å²) in [6.07, 6.45) is 4.47. The normalized spacial score (nSPS) is 14.3. The molecule has 0 atom stereocenters. The van der Waals surface area contributed by atoms with Crippen molar-refractivity contribution in [2.45, 2.75) is 19.9 Å². The number of nitrogens with one attached hydrogen (secondary N) is 2. The highest BCUT2D eigenvalue weighted by atomic mass is 16.5. The van der Waals surface area contributed by atoms with E-state index in [1.54, 1.807) is 19.1 Å². The van der Waals surface area contributed by atoms with Crippen molar-refractivity contribution >= 4 is 11.7 Å². The van der Waals surface area contributed by atoms with Crippen LogP contribution in [0.5, 0.6) is 11.5 Å². The van der Waals surface area contributed by atoms with Gasteiger partial charge in [0, 0.05) is 76.5 Å². The zero-order valence-electron chi connectivity index (χ0n) is 18.8. The number of methoxy groups -OCH3 is 1. The van der Waals surface area contributed by atoms with Crippen molar-refractivity contribution in [3.8, 4) is 11.5 Å². The lowest BCUT2D eigenvalue weighted by Crippen LogP contribution is -2.44. The molecule has 0 unspecified atom stereocenters. The molecule has 0 aliphatic carbocycles. The zero-order chi connectivity index (χ0) is 22.1. The first-order valence-corrected chi connectivity index (χ1v) is 10.8. The van der Waals surface area contributed by atoms with E-state index in [1.807, 2.05) is 37.6 Å². The minimum absolute atomic E-state index is 0.156. The molecule has 0 radical (unpaired) electrons. The molecule has 170 valence electrons. The van der Waals surface area contributed by atoms with Crippen LogP contribution in [0.4, 0.5) is 10.5 Å². The molecular formula is C22H34N6O3. The number of piperazine rings is 1. The molecule has 3 rings (SSSR count). The Bertz CT molecular complexity index is 834. The second-order valence-electron chi connectivity index (χ2n) is 7.65. The van der Waals surface area contributed by atoms with Gasteiger partial charge in [-0.2, -0.15) is 0 Å². The molecule has 9 heteroatoms. The van der Waals surface area contributed by atoms with Crippen LogP contribution in [-0.4, -0.2) is 80.5 Å². The highest BCUT2D eigenvalue weighted by molar-refractivity contribution is 5.91. The van der Waals surface area contributed by atoms with Crippen LogP contribution >= 0.6 is 0 Å². The monoisotopic (exact) mass is 430 g/mol. The van der Waals surface area contributed by atoms with Crippen LogP contribution in [0.2, 0.25) is 0 Å². The number of amides is 2. The van der Waals surface area contributed by atoms with Crippen LogP contribution in [0.25, 0.3) is 0 Å². The van der Waals surface area contributed by atoms with Gasteiger partial charge >= 0.3 is 6.03 Å². The standard InChI is InChI=1S/C22H34N6O3/c1-18-16-24-17-28(18)10-4-7-25-22(29)26(2)19-5-6-20(21(15-19)30-3)31-14-13-27-11-8-23-9-12-27/h5-6,15-17,23H,4,7-14H2,1-3H3,(H,25,29). The summed E-state index contributed by atoms with van der Waals surface area (Å²) in [5.74, 6) is 1.30. The van der Waals surface area contributed by atoms with Gasteiger partial charge in [0.25, 0.3) is 0 Å². The third-order valence-electron chi connectivity index (χ3n) is 5.49. The van der Waals surface area contributed by atoms with Crippen LogP contribution in [0.1, 0.15) is 12.1 Å². The van der Waals surface area contributed by atoms with Gasteiger partial charge in [0.2, 0.25) is 0 Å². The molecule has 1 aliphatic rings. The Balaban J connectivity index is 1.46. The highest BCUT2D eigenvalue weighted by Gasteiger charge is 2.15. The van der Waals surface area contributed by atoms with Gasteiger partial charge in [-0.1, -0.05) is 0 Å². The number of anilines is 1. The number of benzene rings is 1. The summed E-state index contributed by atoms with van der Waals surface area (Å²) in [5, 5.41) is 6.30. The number of carbonyl (C=O) groups is 1. The van der Waals surface area contributed by atoms with Crippen molar-refractivity contribution in [1.82, 2.24) is 25.1 Å². The molecular weight excluding hydrogens is 396 g/mol. The van der Waals surface area contributed by atoms with Gasteiger partial charge in [-0.3, -0.25) is 9.80 Å². The molecule has 1 fully saturated rings. The Labute approximate surface area is 184 Å². The molecule has 2 N–H and O–H groups in total. The number of rotatable bonds is 10. The molecule has 2 amide bonds. The van der Waals surface area contributed by atoms with Crippen molar-refractivity contribution in [2.75, 3.05) is 64.9 Å². The Morgan fingerprint density at radius 2 is 2.06 bits per heavy atom. The SMILES string of the molecule is COc1cc(N(C)C(=O)NCCCn2cncc2C)ccc1OCCN1CCNCC1. The molecule has 0 bridgehead atoms. The van der Waals surface area contributed by atoms with Crippen molar-refractivity contribution in [3.63, 3.8) is 0 Å². The quantitative estimate of drug-likeness (QED) is 0.559. The molecule has 2 heterocycles. The summed E-state index contributed by atoms with van der Waals surface area (Å²) >= 11 is 0. The van der Waals surface area contributed by atoms with Crippen molar-refractivity contribution in [2.24, 2.45) is 0 Å². The zero-order valence-corrected chi connectivity index (χ0v) is 18.8. The van der Waals surface area contributed by atoms with E-state index < -0.39 is 0 Å². The van der Waals surface area contributed by atoms with Gasteiger partial charge < -0.3 is 24.7 Å². The number of urea groups is 1. The van der Waals surface area contributed by atoms with Gasteiger partial charge in [0.1, 0.15) is 6.61 Å². The van der Waals surface area contributed by atoms with E-state index in [0.29, 0.717) is 24.7 Å². The predicted octanol–water partition coefficient (Wildman–Crippen LogP) is 1.72. The Morgan fingerprint density at radius 3 is 2.77 bits per heavy atom. The number of ether oxygens (including phenoxy) is 2. The summed E-state index contributed by atoms with van der Waals surface area (Å²) in [5.41, 5.74) is 1.86. The molecule has 9 nitrogen and oxygen atoms in total. The van der Waals surface area contributed by atoms with Crippen LogP contribution in [0.3, 0.4) is 0 Å². The van der Waals surface area contributed by atoms with E-state index in [0.717, 1.165) is 57.1 Å². The smallest absolute Gasteiger partial charge is 0.321 e. The van der Waals surface area contributed by atoms with Crippen molar-refractivity contribution in [1.29, 1.82) is 0 Å². The largest absolute Gasteiger partial charge is 0.493 e. The van der Waals surface area contributed by atoms with Crippen LogP contribution in [-0.2, 0) is 6.54 Å². The molecule has 31 heavy (non-hydrogen) atoms. The average molecular weight is 431 g/mol. The van der Waals surface area contributed by atoms with Gasteiger partial charge in [-0.15, -0.1) is 0 Å². The van der Waals surface area contributed by atoms with E-state index in [1.165, 1.54) is 0 Å². The summed E-state index contributed by atoms with van der Waals surface area (Å²) in [4.78, 5) is 20.6. The fourth-order valence-corrected chi connectivity index (χ4v) is 3.51. The second-order valence-corrected chi connectivity index (χ2v) is 7.65. The summed E-state index contributed by atoms with van der Waals surface area (Å²) in [7, 11) is 3.36. The maximum Gasteiger partial charge on any atom is 0.321 e. The second kappa shape index (κ2) is 11.6. The molecule has 0 saturated carbocycles. The van der Waals surface area contributed by atoms with Crippen molar-refractivity contribution < 1.29 is 14.3 Å². The first-order chi connectivity index (χ1) is 15.1. The number of carbonyl (C=O) groups excluding carboxylic acids is 1.